The number of hydrogen-bond acceptors (Lipinski definition) is 0. The van der Waals surface area contributed by atoms with Gasteiger partial charge in [-0.1, -0.05) is 49.5 Å². The molecule has 0 bridgehead atoms. The van der Waals surface area contributed by atoms with Gasteiger partial charge >= 0.3 is 0 Å². The van der Waals surface area contributed by atoms with Crippen molar-refractivity contribution in [3.8, 4) is 0 Å². The van der Waals surface area contributed by atoms with Crippen molar-refractivity contribution in [2.24, 2.45) is 0 Å². The molecule has 2 aromatic carbocycles. The maximum absolute atomic E-state index is 13.3. The van der Waals surface area contributed by atoms with E-state index >= 15 is 0 Å². The van der Waals surface area contributed by atoms with Crippen LogP contribution in [0.15, 0.2) is 39.3 Å². The van der Waals surface area contributed by atoms with Crippen molar-refractivity contribution >= 4 is 55.1 Å². The van der Waals surface area contributed by atoms with Crippen LogP contribution in [0.25, 0.3) is 0 Å². The van der Waals surface area contributed by atoms with Gasteiger partial charge in [0.15, 0.2) is 11.6 Å². The first-order valence-corrected chi connectivity index (χ1v) is 7.53. The molecule has 19 heavy (non-hydrogen) atoms. The van der Waals surface area contributed by atoms with Gasteiger partial charge in [-0.2, -0.15) is 0 Å². The molecule has 2 rings (SSSR count). The van der Waals surface area contributed by atoms with Crippen molar-refractivity contribution in [1.29, 1.82) is 0 Å². The van der Waals surface area contributed by atoms with Crippen molar-refractivity contribution in [3.63, 3.8) is 0 Å². The third-order valence-electron chi connectivity index (χ3n) is 2.55. The van der Waals surface area contributed by atoms with Crippen molar-refractivity contribution < 1.29 is 8.78 Å². The molecular formula is C13H6Br2Cl2F2. The van der Waals surface area contributed by atoms with Gasteiger partial charge in [0.2, 0.25) is 0 Å². The molecule has 0 heterocycles. The van der Waals surface area contributed by atoms with Crippen LogP contribution in [0.5, 0.6) is 0 Å². The molecule has 1 atom stereocenters. The monoisotopic (exact) mass is 428 g/mol. The molecule has 0 amide bonds. The summed E-state index contributed by atoms with van der Waals surface area (Å²) in [6, 6.07) is 7.35. The topological polar surface area (TPSA) is 0 Å². The summed E-state index contributed by atoms with van der Waals surface area (Å²) in [4.78, 5) is 0. The Morgan fingerprint density at radius 3 is 2.21 bits per heavy atom. The molecule has 0 aliphatic rings. The molecule has 0 N–H and O–H groups in total. The van der Waals surface area contributed by atoms with Crippen LogP contribution in [0.1, 0.15) is 16.5 Å². The quantitative estimate of drug-likeness (QED) is 0.378. The second-order valence-electron chi connectivity index (χ2n) is 3.82. The van der Waals surface area contributed by atoms with E-state index in [0.29, 0.717) is 5.56 Å². The van der Waals surface area contributed by atoms with E-state index < -0.39 is 17.0 Å². The van der Waals surface area contributed by atoms with Crippen LogP contribution >= 0.6 is 55.1 Å². The minimum absolute atomic E-state index is 0.0914. The first-order valence-electron chi connectivity index (χ1n) is 5.13. The van der Waals surface area contributed by atoms with E-state index in [1.807, 2.05) is 12.1 Å². The van der Waals surface area contributed by atoms with Gasteiger partial charge < -0.3 is 0 Å². The Kier molecular flexibility index (Phi) is 4.88. The van der Waals surface area contributed by atoms with Gasteiger partial charge in [0, 0.05) is 14.0 Å². The average molecular weight is 431 g/mol. The van der Waals surface area contributed by atoms with E-state index in [-0.39, 0.29) is 5.02 Å². The molecule has 0 aliphatic heterocycles. The zero-order chi connectivity index (χ0) is 14.2. The van der Waals surface area contributed by atoms with Gasteiger partial charge in [0.1, 0.15) is 0 Å². The average Bonchev–Trinajstić information content (AvgIpc) is 2.33. The highest BCUT2D eigenvalue weighted by atomic mass is 79.9. The fraction of sp³-hybridized carbons (Fsp3) is 0.0769. The third kappa shape index (κ3) is 3.30. The molecule has 1 unspecified atom stereocenters. The highest BCUT2D eigenvalue weighted by molar-refractivity contribution is 9.11. The van der Waals surface area contributed by atoms with Crippen LogP contribution in [-0.2, 0) is 0 Å². The van der Waals surface area contributed by atoms with E-state index in [1.165, 1.54) is 0 Å². The van der Waals surface area contributed by atoms with Gasteiger partial charge in [0.05, 0.1) is 5.38 Å². The summed E-state index contributed by atoms with van der Waals surface area (Å²) in [7, 11) is 0. The zero-order valence-electron chi connectivity index (χ0n) is 9.23. The number of rotatable bonds is 2. The predicted molar refractivity (Wildman–Crippen MR) is 80.9 cm³/mol. The van der Waals surface area contributed by atoms with Crippen LogP contribution in [0.3, 0.4) is 0 Å². The second-order valence-corrected chi connectivity index (χ2v) is 6.43. The first kappa shape index (κ1) is 15.2. The number of alkyl halides is 1. The van der Waals surface area contributed by atoms with Crippen LogP contribution in [-0.4, -0.2) is 0 Å². The lowest BCUT2D eigenvalue weighted by Crippen LogP contribution is -1.98. The van der Waals surface area contributed by atoms with Gasteiger partial charge in [-0.3, -0.25) is 0 Å². The molecule has 0 saturated carbocycles. The summed E-state index contributed by atoms with van der Waals surface area (Å²) in [6.07, 6.45) is 0. The number of halogens is 6. The maximum Gasteiger partial charge on any atom is 0.160 e. The van der Waals surface area contributed by atoms with Crippen LogP contribution in [0.4, 0.5) is 8.78 Å². The Labute approximate surface area is 136 Å². The van der Waals surface area contributed by atoms with Gasteiger partial charge in [-0.25, -0.2) is 8.78 Å². The zero-order valence-corrected chi connectivity index (χ0v) is 13.9. The van der Waals surface area contributed by atoms with E-state index in [2.05, 4.69) is 31.9 Å². The van der Waals surface area contributed by atoms with Gasteiger partial charge in [0.25, 0.3) is 0 Å². The fourth-order valence-corrected chi connectivity index (χ4v) is 3.70. The molecule has 0 fully saturated rings. The predicted octanol–water partition coefficient (Wildman–Crippen LogP) is 6.47. The van der Waals surface area contributed by atoms with Crippen LogP contribution < -0.4 is 0 Å². The molecule has 0 nitrogen and oxygen atoms in total. The Bertz CT molecular complexity index is 632. The van der Waals surface area contributed by atoms with Crippen molar-refractivity contribution in [1.82, 2.24) is 0 Å². The molecular weight excluding hydrogens is 425 g/mol. The lowest BCUT2D eigenvalue weighted by molar-refractivity contribution is 0.507. The lowest BCUT2D eigenvalue weighted by atomic mass is 10.0. The second kappa shape index (κ2) is 6.08. The van der Waals surface area contributed by atoms with Gasteiger partial charge in [-0.05, 0) is 35.4 Å². The van der Waals surface area contributed by atoms with Crippen molar-refractivity contribution in [3.05, 3.63) is 67.1 Å². The van der Waals surface area contributed by atoms with Crippen LogP contribution in [0, 0.1) is 11.6 Å². The van der Waals surface area contributed by atoms with E-state index in [4.69, 9.17) is 23.2 Å². The maximum atomic E-state index is 13.3. The van der Waals surface area contributed by atoms with E-state index in [9.17, 15) is 8.78 Å². The largest absolute Gasteiger partial charge is 0.204 e. The Balaban J connectivity index is 2.49. The van der Waals surface area contributed by atoms with Crippen molar-refractivity contribution in [2.75, 3.05) is 0 Å². The molecule has 0 aromatic heterocycles. The summed E-state index contributed by atoms with van der Waals surface area (Å²) in [6.45, 7) is 0. The van der Waals surface area contributed by atoms with Crippen LogP contribution in [0.2, 0.25) is 5.02 Å². The SMILES string of the molecule is Fc1cc(Cl)c(C(Cl)c2ccc(Br)cc2Br)cc1F. The summed E-state index contributed by atoms with van der Waals surface area (Å²) < 4.78 is 28.0. The molecule has 6 heteroatoms. The Morgan fingerprint density at radius 1 is 0.947 bits per heavy atom. The van der Waals surface area contributed by atoms with Gasteiger partial charge in [-0.15, -0.1) is 11.6 Å². The number of benzene rings is 2. The summed E-state index contributed by atoms with van der Waals surface area (Å²) in [5.41, 5.74) is 1.04. The summed E-state index contributed by atoms with van der Waals surface area (Å²) in [5.74, 6) is -1.97. The minimum atomic E-state index is -0.993. The molecule has 0 spiro atoms. The minimum Gasteiger partial charge on any atom is -0.204 e. The molecule has 100 valence electrons. The highest BCUT2D eigenvalue weighted by Gasteiger charge is 2.19. The first-order chi connectivity index (χ1) is 8.90. The van der Waals surface area contributed by atoms with E-state index in [1.54, 1.807) is 6.07 Å². The molecule has 0 radical (unpaired) electrons. The summed E-state index contributed by atoms with van der Waals surface area (Å²) >= 11 is 18.9. The Morgan fingerprint density at radius 2 is 1.58 bits per heavy atom. The standard InChI is InChI=1S/C13H6Br2Cl2F2/c14-6-1-2-7(9(15)3-6)13(17)8-4-11(18)12(19)5-10(8)16/h1-5,13H. The third-order valence-corrected chi connectivity index (χ3v) is 4.53. The van der Waals surface area contributed by atoms with E-state index in [0.717, 1.165) is 26.6 Å². The lowest BCUT2D eigenvalue weighted by Gasteiger charge is -2.14. The molecule has 2 aromatic rings. The number of hydrogen-bond donors (Lipinski definition) is 0. The Hall–Kier alpha value is -0.160. The summed E-state index contributed by atoms with van der Waals surface area (Å²) in [5, 5.41) is -0.584. The highest BCUT2D eigenvalue weighted by Crippen LogP contribution is 2.38. The fourth-order valence-electron chi connectivity index (χ4n) is 1.61. The normalized spacial score (nSPS) is 12.5. The smallest absolute Gasteiger partial charge is 0.160 e. The molecule has 0 saturated heterocycles. The van der Waals surface area contributed by atoms with Crippen molar-refractivity contribution in [2.45, 2.75) is 5.38 Å². The molecule has 0 aliphatic carbocycles.